The van der Waals surface area contributed by atoms with Crippen molar-refractivity contribution in [2.45, 2.75) is 33.1 Å². The first-order valence-corrected chi connectivity index (χ1v) is 9.83. The van der Waals surface area contributed by atoms with Crippen molar-refractivity contribution in [1.29, 1.82) is 0 Å². The van der Waals surface area contributed by atoms with E-state index in [9.17, 15) is 14.4 Å². The van der Waals surface area contributed by atoms with Crippen LogP contribution in [0.1, 0.15) is 38.6 Å². The van der Waals surface area contributed by atoms with Gasteiger partial charge in [0.1, 0.15) is 15.5 Å². The van der Waals surface area contributed by atoms with Crippen molar-refractivity contribution in [3.05, 3.63) is 55.9 Å². The number of aromatic amines is 1. The smallest absolute Gasteiger partial charge is 0.349 e. The molecule has 4 rings (SSSR count). The van der Waals surface area contributed by atoms with Gasteiger partial charge in [0.2, 0.25) is 0 Å². The number of hydrogen-bond acceptors (Lipinski definition) is 6. The molecule has 0 atom stereocenters. The second kappa shape index (κ2) is 7.20. The fraction of sp³-hybridized carbons (Fsp3) is 0.300. The van der Waals surface area contributed by atoms with E-state index in [1.165, 1.54) is 11.1 Å². The number of H-pyrrole nitrogens is 1. The molecule has 1 aromatic carbocycles. The van der Waals surface area contributed by atoms with Gasteiger partial charge in [0.25, 0.3) is 11.5 Å². The fourth-order valence-corrected chi connectivity index (χ4v) is 4.61. The summed E-state index contributed by atoms with van der Waals surface area (Å²) in [7, 11) is 0. The molecule has 144 valence electrons. The Morgan fingerprint density at radius 1 is 1.25 bits per heavy atom. The molecule has 1 aliphatic carbocycles. The van der Waals surface area contributed by atoms with Crippen LogP contribution in [0.25, 0.3) is 10.2 Å². The number of anilines is 1. The largest absolute Gasteiger partial charge is 0.451 e. The van der Waals surface area contributed by atoms with Crippen LogP contribution in [-0.2, 0) is 22.4 Å². The van der Waals surface area contributed by atoms with Crippen molar-refractivity contribution >= 4 is 39.1 Å². The number of hydrogen-bond donors (Lipinski definition) is 2. The van der Waals surface area contributed by atoms with Crippen LogP contribution in [0, 0.1) is 13.8 Å². The Labute approximate surface area is 164 Å². The molecule has 2 heterocycles. The summed E-state index contributed by atoms with van der Waals surface area (Å²) in [4.78, 5) is 44.3. The number of rotatable bonds is 4. The highest BCUT2D eigenvalue weighted by Gasteiger charge is 2.21. The molecule has 7 nitrogen and oxygen atoms in total. The van der Waals surface area contributed by atoms with E-state index in [1.807, 2.05) is 18.2 Å². The molecular weight excluding hydrogens is 378 g/mol. The predicted molar refractivity (Wildman–Crippen MR) is 107 cm³/mol. The maximum atomic E-state index is 12.4. The molecule has 1 amide bonds. The van der Waals surface area contributed by atoms with Crippen LogP contribution >= 0.6 is 11.3 Å². The van der Waals surface area contributed by atoms with E-state index in [-0.39, 0.29) is 10.4 Å². The van der Waals surface area contributed by atoms with E-state index in [0.717, 1.165) is 30.6 Å². The Bertz CT molecular complexity index is 1160. The van der Waals surface area contributed by atoms with Gasteiger partial charge in [-0.2, -0.15) is 0 Å². The topological polar surface area (TPSA) is 101 Å². The lowest BCUT2D eigenvalue weighted by atomic mass is 10.1. The summed E-state index contributed by atoms with van der Waals surface area (Å²) in [6.07, 6.45) is 3.23. The van der Waals surface area contributed by atoms with E-state index in [1.54, 1.807) is 13.8 Å². The van der Waals surface area contributed by atoms with Crippen LogP contribution < -0.4 is 10.9 Å². The Balaban J connectivity index is 1.43. The van der Waals surface area contributed by atoms with Crippen molar-refractivity contribution in [2.24, 2.45) is 0 Å². The molecule has 0 bridgehead atoms. The van der Waals surface area contributed by atoms with Gasteiger partial charge in [0.15, 0.2) is 6.61 Å². The van der Waals surface area contributed by atoms with E-state index >= 15 is 0 Å². The molecule has 2 aromatic heterocycles. The summed E-state index contributed by atoms with van der Waals surface area (Å²) in [5.74, 6) is -0.564. The first kappa shape index (κ1) is 18.4. The number of aryl methyl sites for hydroxylation is 4. The maximum Gasteiger partial charge on any atom is 0.349 e. The quantitative estimate of drug-likeness (QED) is 0.659. The molecule has 2 N–H and O–H groups in total. The highest BCUT2D eigenvalue weighted by atomic mass is 32.1. The number of nitrogens with one attached hydrogen (secondary N) is 2. The second-order valence-electron chi connectivity index (χ2n) is 6.85. The molecule has 0 saturated carbocycles. The third-order valence-corrected chi connectivity index (χ3v) is 5.99. The Kier molecular flexibility index (Phi) is 4.72. The van der Waals surface area contributed by atoms with Crippen molar-refractivity contribution in [1.82, 2.24) is 9.97 Å². The minimum absolute atomic E-state index is 0.281. The highest BCUT2D eigenvalue weighted by molar-refractivity contribution is 7.20. The molecule has 0 aliphatic heterocycles. The fourth-order valence-electron chi connectivity index (χ4n) is 3.49. The number of aromatic nitrogens is 2. The normalized spacial score (nSPS) is 12.8. The molecule has 0 saturated heterocycles. The van der Waals surface area contributed by atoms with Crippen LogP contribution in [0.15, 0.2) is 23.0 Å². The van der Waals surface area contributed by atoms with E-state index in [4.69, 9.17) is 4.74 Å². The number of thiophene rings is 1. The molecule has 0 fully saturated rings. The van der Waals surface area contributed by atoms with Gasteiger partial charge in [-0.25, -0.2) is 9.78 Å². The zero-order valence-electron chi connectivity index (χ0n) is 15.5. The molecule has 0 unspecified atom stereocenters. The van der Waals surface area contributed by atoms with Crippen molar-refractivity contribution < 1.29 is 14.3 Å². The Morgan fingerprint density at radius 3 is 2.86 bits per heavy atom. The Hall–Kier alpha value is -3.00. The zero-order valence-corrected chi connectivity index (χ0v) is 16.4. The van der Waals surface area contributed by atoms with Gasteiger partial charge in [-0.3, -0.25) is 9.59 Å². The molecular formula is C20H19N3O4S. The molecule has 0 radical (unpaired) electrons. The first-order chi connectivity index (χ1) is 13.4. The zero-order chi connectivity index (χ0) is 19.8. The van der Waals surface area contributed by atoms with Crippen LogP contribution in [0.4, 0.5) is 5.69 Å². The summed E-state index contributed by atoms with van der Waals surface area (Å²) in [5, 5.41) is 3.14. The number of nitrogens with zero attached hydrogens (tertiary/aromatic N) is 1. The number of fused-ring (bicyclic) bond motifs is 2. The van der Waals surface area contributed by atoms with Crippen molar-refractivity contribution in [3.8, 4) is 0 Å². The minimum atomic E-state index is -0.637. The number of carbonyl (C=O) groups is 2. The summed E-state index contributed by atoms with van der Waals surface area (Å²) in [5.41, 5.74) is 3.50. The SMILES string of the molecule is Cc1nc2sc(C(=O)OCC(=O)Nc3ccc4c(c3)CCC4)c(C)c2c(=O)[nH]1. The average Bonchev–Trinajstić information content (AvgIpc) is 3.23. The number of benzene rings is 1. The lowest BCUT2D eigenvalue weighted by Crippen LogP contribution is -2.21. The number of carbonyl (C=O) groups excluding carboxylic acids is 2. The molecule has 0 spiro atoms. The standard InChI is InChI=1S/C20H19N3O4S/c1-10-16-18(25)21-11(2)22-19(16)28-17(10)20(26)27-9-15(24)23-14-7-6-12-4-3-5-13(12)8-14/h6-8H,3-5,9H2,1-2H3,(H,23,24)(H,21,22,25). The monoisotopic (exact) mass is 397 g/mol. The molecule has 3 aromatic rings. The van der Waals surface area contributed by atoms with Crippen LogP contribution in [0.5, 0.6) is 0 Å². The van der Waals surface area contributed by atoms with Crippen molar-refractivity contribution in [3.63, 3.8) is 0 Å². The Morgan fingerprint density at radius 2 is 2.04 bits per heavy atom. The van der Waals surface area contributed by atoms with Gasteiger partial charge in [-0.1, -0.05) is 6.07 Å². The molecule has 1 aliphatic rings. The second-order valence-corrected chi connectivity index (χ2v) is 7.85. The summed E-state index contributed by atoms with van der Waals surface area (Å²) < 4.78 is 5.15. The highest BCUT2D eigenvalue weighted by Crippen LogP contribution is 2.28. The minimum Gasteiger partial charge on any atom is -0.451 e. The number of esters is 1. The number of amides is 1. The van der Waals surface area contributed by atoms with Crippen LogP contribution in [-0.4, -0.2) is 28.5 Å². The van der Waals surface area contributed by atoms with E-state index in [2.05, 4.69) is 15.3 Å². The first-order valence-electron chi connectivity index (χ1n) is 9.01. The van der Waals surface area contributed by atoms with Crippen LogP contribution in [0.3, 0.4) is 0 Å². The van der Waals surface area contributed by atoms with Crippen molar-refractivity contribution in [2.75, 3.05) is 11.9 Å². The summed E-state index contributed by atoms with van der Waals surface area (Å²) >= 11 is 1.09. The summed E-state index contributed by atoms with van der Waals surface area (Å²) in [6.45, 7) is 2.95. The summed E-state index contributed by atoms with van der Waals surface area (Å²) in [6, 6.07) is 5.86. The third kappa shape index (κ3) is 3.43. The number of ether oxygens (including phenoxy) is 1. The lowest BCUT2D eigenvalue weighted by Gasteiger charge is -2.08. The van der Waals surface area contributed by atoms with Gasteiger partial charge < -0.3 is 15.0 Å². The van der Waals surface area contributed by atoms with Gasteiger partial charge in [0, 0.05) is 5.69 Å². The molecule has 28 heavy (non-hydrogen) atoms. The maximum absolute atomic E-state index is 12.4. The van der Waals surface area contributed by atoms with Gasteiger partial charge in [-0.05, 0) is 61.9 Å². The predicted octanol–water partition coefficient (Wildman–Crippen LogP) is 2.89. The van der Waals surface area contributed by atoms with E-state index in [0.29, 0.717) is 27.3 Å². The third-order valence-electron chi connectivity index (χ3n) is 4.82. The van der Waals surface area contributed by atoms with Crippen LogP contribution in [0.2, 0.25) is 0 Å². The lowest BCUT2D eigenvalue weighted by molar-refractivity contribution is -0.119. The molecule has 8 heteroatoms. The van der Waals surface area contributed by atoms with Gasteiger partial charge in [-0.15, -0.1) is 11.3 Å². The average molecular weight is 397 g/mol. The van der Waals surface area contributed by atoms with Gasteiger partial charge >= 0.3 is 5.97 Å². The van der Waals surface area contributed by atoms with E-state index < -0.39 is 18.5 Å². The van der Waals surface area contributed by atoms with Gasteiger partial charge in [0.05, 0.1) is 5.39 Å².